The zero-order valence-corrected chi connectivity index (χ0v) is 16.9. The van der Waals surface area contributed by atoms with Gasteiger partial charge in [-0.3, -0.25) is 0 Å². The summed E-state index contributed by atoms with van der Waals surface area (Å²) < 4.78 is 11.6. The van der Waals surface area contributed by atoms with E-state index in [4.69, 9.17) is 15.2 Å². The minimum Gasteiger partial charge on any atom is -0.492 e. The molecule has 2 amide bonds. The highest BCUT2D eigenvalue weighted by molar-refractivity contribution is 5.91. The highest BCUT2D eigenvalue weighted by atomic mass is 16.5. The molecule has 2 aliphatic heterocycles. The maximum Gasteiger partial charge on any atom is 0.321 e. The van der Waals surface area contributed by atoms with Gasteiger partial charge in [-0.2, -0.15) is 0 Å². The van der Waals surface area contributed by atoms with Crippen molar-refractivity contribution in [2.75, 3.05) is 30.7 Å². The number of carbonyl (C=O) groups is 1. The standard InChI is InChI=1S/C21H27N5O3/c1-3-28-19-10-15-9-13(2)29-18(15)11-17(19)25-21(27)26-8-4-5-14(12-26)16-6-7-23-20(22)24-16/h6-7,10-11,13-14H,3-5,8-9,12H2,1-2H3,(H,25,27)(H2,22,23,24). The molecule has 4 rings (SSSR count). The second kappa shape index (κ2) is 8.14. The van der Waals surface area contributed by atoms with Crippen molar-refractivity contribution in [3.05, 3.63) is 35.7 Å². The van der Waals surface area contributed by atoms with Crippen molar-refractivity contribution < 1.29 is 14.3 Å². The molecular formula is C21H27N5O3. The molecule has 8 nitrogen and oxygen atoms in total. The molecule has 2 atom stereocenters. The predicted molar refractivity (Wildman–Crippen MR) is 110 cm³/mol. The topological polar surface area (TPSA) is 103 Å². The quantitative estimate of drug-likeness (QED) is 0.821. The number of anilines is 2. The Hall–Kier alpha value is -3.03. The number of aromatic nitrogens is 2. The van der Waals surface area contributed by atoms with Crippen LogP contribution in [-0.4, -0.2) is 46.7 Å². The van der Waals surface area contributed by atoms with Crippen molar-refractivity contribution in [3.63, 3.8) is 0 Å². The van der Waals surface area contributed by atoms with Crippen LogP contribution >= 0.6 is 0 Å². The van der Waals surface area contributed by atoms with E-state index in [1.165, 1.54) is 0 Å². The largest absolute Gasteiger partial charge is 0.492 e. The minimum atomic E-state index is -0.149. The van der Waals surface area contributed by atoms with Gasteiger partial charge in [0.15, 0.2) is 0 Å². The second-order valence-electron chi connectivity index (χ2n) is 7.58. The summed E-state index contributed by atoms with van der Waals surface area (Å²) in [4.78, 5) is 23.1. The summed E-state index contributed by atoms with van der Waals surface area (Å²) in [5.41, 5.74) is 8.35. The van der Waals surface area contributed by atoms with Crippen molar-refractivity contribution in [2.45, 2.75) is 45.1 Å². The molecule has 0 saturated carbocycles. The fraction of sp³-hybridized carbons (Fsp3) is 0.476. The molecule has 1 fully saturated rings. The van der Waals surface area contributed by atoms with Crippen LogP contribution in [0.2, 0.25) is 0 Å². The number of rotatable bonds is 4. The van der Waals surface area contributed by atoms with Crippen LogP contribution in [0.5, 0.6) is 11.5 Å². The number of piperidine rings is 1. The molecule has 29 heavy (non-hydrogen) atoms. The molecule has 1 aromatic carbocycles. The van der Waals surface area contributed by atoms with Gasteiger partial charge in [0, 0.05) is 43.3 Å². The third-order valence-electron chi connectivity index (χ3n) is 5.36. The second-order valence-corrected chi connectivity index (χ2v) is 7.58. The molecule has 2 unspecified atom stereocenters. The molecule has 0 bridgehead atoms. The first kappa shape index (κ1) is 19.3. The number of ether oxygens (including phenoxy) is 2. The van der Waals surface area contributed by atoms with Crippen molar-refractivity contribution in [1.29, 1.82) is 0 Å². The third-order valence-corrected chi connectivity index (χ3v) is 5.36. The van der Waals surface area contributed by atoms with Gasteiger partial charge in [0.25, 0.3) is 0 Å². The molecule has 0 radical (unpaired) electrons. The number of fused-ring (bicyclic) bond motifs is 1. The van der Waals surface area contributed by atoms with Crippen LogP contribution in [0.3, 0.4) is 0 Å². The molecule has 8 heteroatoms. The average Bonchev–Trinajstić information content (AvgIpc) is 3.07. The fourth-order valence-electron chi connectivity index (χ4n) is 4.03. The Morgan fingerprint density at radius 1 is 1.45 bits per heavy atom. The normalized spacial score (nSPS) is 20.7. The van der Waals surface area contributed by atoms with E-state index >= 15 is 0 Å². The molecular weight excluding hydrogens is 370 g/mol. The molecule has 154 valence electrons. The van der Waals surface area contributed by atoms with Crippen LogP contribution in [0.4, 0.5) is 16.4 Å². The first-order valence-corrected chi connectivity index (χ1v) is 10.1. The lowest BCUT2D eigenvalue weighted by Crippen LogP contribution is -2.41. The first-order valence-electron chi connectivity index (χ1n) is 10.1. The number of urea groups is 1. The smallest absolute Gasteiger partial charge is 0.321 e. The number of likely N-dealkylation sites (tertiary alicyclic amines) is 1. The van der Waals surface area contributed by atoms with E-state index in [0.29, 0.717) is 31.1 Å². The number of benzene rings is 1. The molecule has 3 heterocycles. The Bertz CT molecular complexity index is 904. The Labute approximate surface area is 170 Å². The van der Waals surface area contributed by atoms with Gasteiger partial charge in [0.05, 0.1) is 18.0 Å². The van der Waals surface area contributed by atoms with Crippen LogP contribution in [0, 0.1) is 0 Å². The lowest BCUT2D eigenvalue weighted by atomic mass is 9.95. The Balaban J connectivity index is 1.49. The van der Waals surface area contributed by atoms with E-state index in [1.807, 2.05) is 36.9 Å². The number of nitrogens with one attached hydrogen (secondary N) is 1. The lowest BCUT2D eigenvalue weighted by Gasteiger charge is -2.32. The monoisotopic (exact) mass is 397 g/mol. The Morgan fingerprint density at radius 3 is 3.10 bits per heavy atom. The summed E-state index contributed by atoms with van der Waals surface area (Å²) in [6, 6.07) is 5.56. The van der Waals surface area contributed by atoms with Crippen LogP contribution in [-0.2, 0) is 6.42 Å². The minimum absolute atomic E-state index is 0.133. The third kappa shape index (κ3) is 4.21. The average molecular weight is 397 g/mol. The molecule has 0 spiro atoms. The van der Waals surface area contributed by atoms with Crippen LogP contribution in [0.1, 0.15) is 43.9 Å². The summed E-state index contributed by atoms with van der Waals surface area (Å²) in [5.74, 6) is 1.90. The number of nitrogens with two attached hydrogens (primary N) is 1. The van der Waals surface area contributed by atoms with Gasteiger partial charge in [-0.05, 0) is 38.8 Å². The summed E-state index contributed by atoms with van der Waals surface area (Å²) in [5, 5.41) is 3.02. The van der Waals surface area contributed by atoms with Crippen LogP contribution < -0.4 is 20.5 Å². The van der Waals surface area contributed by atoms with Crippen LogP contribution in [0.15, 0.2) is 24.4 Å². The zero-order chi connectivity index (χ0) is 20.4. The molecule has 3 N–H and O–H groups in total. The number of hydrogen-bond donors (Lipinski definition) is 2. The number of amides is 2. The van der Waals surface area contributed by atoms with Gasteiger partial charge >= 0.3 is 6.03 Å². The van der Waals surface area contributed by atoms with Gasteiger partial charge in [-0.25, -0.2) is 14.8 Å². The molecule has 1 aromatic heterocycles. The summed E-state index contributed by atoms with van der Waals surface area (Å²) >= 11 is 0. The number of hydrogen-bond acceptors (Lipinski definition) is 6. The van der Waals surface area contributed by atoms with Crippen molar-refractivity contribution in [3.8, 4) is 11.5 Å². The van der Waals surface area contributed by atoms with E-state index in [1.54, 1.807) is 6.20 Å². The van der Waals surface area contributed by atoms with Gasteiger partial charge < -0.3 is 25.4 Å². The maximum absolute atomic E-state index is 13.0. The SMILES string of the molecule is CCOc1cc2c(cc1NC(=O)N1CCCC(c3ccnc(N)n3)C1)OC(C)C2. The highest BCUT2D eigenvalue weighted by Gasteiger charge is 2.28. The van der Waals surface area contributed by atoms with Crippen molar-refractivity contribution in [2.24, 2.45) is 0 Å². The zero-order valence-electron chi connectivity index (χ0n) is 16.9. The van der Waals surface area contributed by atoms with E-state index in [-0.39, 0.29) is 24.0 Å². The summed E-state index contributed by atoms with van der Waals surface area (Å²) in [6.45, 7) is 5.78. The molecule has 0 aliphatic carbocycles. The number of carbonyl (C=O) groups excluding carboxylic acids is 1. The van der Waals surface area contributed by atoms with Crippen molar-refractivity contribution >= 4 is 17.7 Å². The van der Waals surface area contributed by atoms with Gasteiger partial charge in [0.2, 0.25) is 5.95 Å². The van der Waals surface area contributed by atoms with Gasteiger partial charge in [-0.15, -0.1) is 0 Å². The van der Waals surface area contributed by atoms with E-state index in [0.717, 1.165) is 36.3 Å². The van der Waals surface area contributed by atoms with E-state index in [9.17, 15) is 4.79 Å². The number of nitrogen functional groups attached to an aromatic ring is 1. The lowest BCUT2D eigenvalue weighted by molar-refractivity contribution is 0.192. The van der Waals surface area contributed by atoms with Gasteiger partial charge in [0.1, 0.15) is 17.6 Å². The summed E-state index contributed by atoms with van der Waals surface area (Å²) in [6.07, 6.45) is 4.52. The number of nitrogens with zero attached hydrogens (tertiary/aromatic N) is 3. The summed E-state index contributed by atoms with van der Waals surface area (Å²) in [7, 11) is 0. The van der Waals surface area contributed by atoms with Crippen LogP contribution in [0.25, 0.3) is 0 Å². The van der Waals surface area contributed by atoms with E-state index in [2.05, 4.69) is 15.3 Å². The predicted octanol–water partition coefficient (Wildman–Crippen LogP) is 3.19. The Kier molecular flexibility index (Phi) is 5.42. The van der Waals surface area contributed by atoms with Gasteiger partial charge in [-0.1, -0.05) is 0 Å². The Morgan fingerprint density at radius 2 is 2.31 bits per heavy atom. The molecule has 2 aromatic rings. The van der Waals surface area contributed by atoms with E-state index < -0.39 is 0 Å². The first-order chi connectivity index (χ1) is 14.0. The highest BCUT2D eigenvalue weighted by Crippen LogP contribution is 2.38. The molecule has 2 aliphatic rings. The fourth-order valence-corrected chi connectivity index (χ4v) is 4.03. The molecule has 1 saturated heterocycles. The maximum atomic E-state index is 13.0. The van der Waals surface area contributed by atoms with Crippen molar-refractivity contribution in [1.82, 2.24) is 14.9 Å².